The van der Waals surface area contributed by atoms with Crippen LogP contribution in [0.25, 0.3) is 0 Å². The van der Waals surface area contributed by atoms with Crippen LogP contribution in [0.1, 0.15) is 36.9 Å². The van der Waals surface area contributed by atoms with Gasteiger partial charge in [0.05, 0.1) is 12.3 Å². The Labute approximate surface area is 107 Å². The molecule has 5 heteroatoms. The van der Waals surface area contributed by atoms with E-state index in [2.05, 4.69) is 17.1 Å². The molecule has 0 radical (unpaired) electrons. The molecule has 1 atom stereocenters. The number of nitrogens with one attached hydrogen (secondary N) is 1. The molecule has 1 rings (SSSR count). The van der Waals surface area contributed by atoms with Crippen LogP contribution < -0.4 is 5.32 Å². The molecule has 1 unspecified atom stereocenters. The molecule has 0 spiro atoms. The SMILES string of the molecule is C=C(CNC(C)c1c(C)noc1C)C(=O)OCC. The Balaban J connectivity index is 2.54. The van der Waals surface area contributed by atoms with Crippen molar-refractivity contribution in [3.05, 3.63) is 29.2 Å². The van der Waals surface area contributed by atoms with Crippen molar-refractivity contribution in [1.82, 2.24) is 10.5 Å². The fraction of sp³-hybridized carbons (Fsp3) is 0.538. The lowest BCUT2D eigenvalue weighted by atomic mass is 10.1. The van der Waals surface area contributed by atoms with Crippen LogP contribution in [-0.2, 0) is 9.53 Å². The summed E-state index contributed by atoms with van der Waals surface area (Å²) in [5.41, 5.74) is 2.29. The molecule has 1 heterocycles. The topological polar surface area (TPSA) is 64.4 Å². The van der Waals surface area contributed by atoms with Crippen molar-refractivity contribution < 1.29 is 14.1 Å². The Morgan fingerprint density at radius 2 is 2.22 bits per heavy atom. The molecule has 18 heavy (non-hydrogen) atoms. The minimum Gasteiger partial charge on any atom is -0.463 e. The maximum atomic E-state index is 11.4. The summed E-state index contributed by atoms with van der Waals surface area (Å²) < 4.78 is 9.97. The summed E-state index contributed by atoms with van der Waals surface area (Å²) in [7, 11) is 0. The number of ether oxygens (including phenoxy) is 1. The first-order valence-corrected chi connectivity index (χ1v) is 5.98. The number of rotatable bonds is 6. The molecule has 0 aliphatic heterocycles. The van der Waals surface area contributed by atoms with E-state index in [4.69, 9.17) is 9.26 Å². The van der Waals surface area contributed by atoms with E-state index in [1.165, 1.54) is 0 Å². The van der Waals surface area contributed by atoms with E-state index in [0.717, 1.165) is 17.0 Å². The number of carbonyl (C=O) groups excluding carboxylic acids is 1. The summed E-state index contributed by atoms with van der Waals surface area (Å²) in [6.07, 6.45) is 0. The van der Waals surface area contributed by atoms with E-state index in [0.29, 0.717) is 18.7 Å². The normalized spacial score (nSPS) is 12.2. The molecular weight excluding hydrogens is 232 g/mol. The van der Waals surface area contributed by atoms with Crippen LogP contribution in [0, 0.1) is 13.8 Å². The van der Waals surface area contributed by atoms with Gasteiger partial charge in [-0.05, 0) is 27.7 Å². The van der Waals surface area contributed by atoms with E-state index in [1.54, 1.807) is 6.92 Å². The van der Waals surface area contributed by atoms with Gasteiger partial charge in [-0.1, -0.05) is 11.7 Å². The van der Waals surface area contributed by atoms with Gasteiger partial charge in [-0.25, -0.2) is 4.79 Å². The molecule has 1 N–H and O–H groups in total. The molecular formula is C13H20N2O3. The lowest BCUT2D eigenvalue weighted by molar-refractivity contribution is -0.138. The van der Waals surface area contributed by atoms with Crippen molar-refractivity contribution in [1.29, 1.82) is 0 Å². The number of aromatic nitrogens is 1. The predicted octanol–water partition coefficient (Wildman–Crippen LogP) is 2.06. The van der Waals surface area contributed by atoms with E-state index in [9.17, 15) is 4.79 Å². The third-order valence-corrected chi connectivity index (χ3v) is 2.71. The van der Waals surface area contributed by atoms with Gasteiger partial charge >= 0.3 is 5.97 Å². The first-order chi connectivity index (χ1) is 8.47. The summed E-state index contributed by atoms with van der Waals surface area (Å²) in [5.74, 6) is 0.421. The van der Waals surface area contributed by atoms with E-state index in [-0.39, 0.29) is 12.0 Å². The molecule has 0 aliphatic carbocycles. The Morgan fingerprint density at radius 1 is 1.56 bits per heavy atom. The first-order valence-electron chi connectivity index (χ1n) is 5.98. The van der Waals surface area contributed by atoms with Crippen molar-refractivity contribution in [2.24, 2.45) is 0 Å². The molecule has 5 nitrogen and oxygen atoms in total. The second kappa shape index (κ2) is 6.35. The van der Waals surface area contributed by atoms with Crippen molar-refractivity contribution in [3.8, 4) is 0 Å². The average molecular weight is 252 g/mol. The second-order valence-corrected chi connectivity index (χ2v) is 4.16. The molecule has 0 amide bonds. The van der Waals surface area contributed by atoms with Crippen LogP contribution in [0.2, 0.25) is 0 Å². The van der Waals surface area contributed by atoms with Gasteiger partial charge in [0.1, 0.15) is 5.76 Å². The Hall–Kier alpha value is -1.62. The second-order valence-electron chi connectivity index (χ2n) is 4.16. The largest absolute Gasteiger partial charge is 0.463 e. The smallest absolute Gasteiger partial charge is 0.334 e. The van der Waals surface area contributed by atoms with Gasteiger partial charge in [0.25, 0.3) is 0 Å². The molecule has 0 bridgehead atoms. The van der Waals surface area contributed by atoms with Crippen LogP contribution in [-0.4, -0.2) is 24.3 Å². The van der Waals surface area contributed by atoms with Crippen LogP contribution in [0.5, 0.6) is 0 Å². The molecule has 100 valence electrons. The predicted molar refractivity (Wildman–Crippen MR) is 68.2 cm³/mol. The Morgan fingerprint density at radius 3 is 2.72 bits per heavy atom. The fourth-order valence-electron chi connectivity index (χ4n) is 1.79. The summed E-state index contributed by atoms with van der Waals surface area (Å²) in [6, 6.07) is 0.0439. The van der Waals surface area contributed by atoms with Gasteiger partial charge in [-0.3, -0.25) is 0 Å². The van der Waals surface area contributed by atoms with E-state index in [1.807, 2.05) is 20.8 Å². The average Bonchev–Trinajstić information content (AvgIpc) is 2.66. The van der Waals surface area contributed by atoms with Crippen LogP contribution >= 0.6 is 0 Å². The third kappa shape index (κ3) is 3.43. The number of hydrogen-bond acceptors (Lipinski definition) is 5. The number of esters is 1. The minimum absolute atomic E-state index is 0.0439. The quantitative estimate of drug-likeness (QED) is 0.620. The molecule has 0 saturated heterocycles. The zero-order chi connectivity index (χ0) is 13.7. The van der Waals surface area contributed by atoms with Crippen molar-refractivity contribution in [2.45, 2.75) is 33.7 Å². The number of aryl methyl sites for hydroxylation is 2. The highest BCUT2D eigenvalue weighted by Gasteiger charge is 2.17. The van der Waals surface area contributed by atoms with E-state index >= 15 is 0 Å². The Kier molecular flexibility index (Phi) is 5.09. The summed E-state index contributed by atoms with van der Waals surface area (Å²) >= 11 is 0. The summed E-state index contributed by atoms with van der Waals surface area (Å²) in [5, 5.41) is 7.11. The summed E-state index contributed by atoms with van der Waals surface area (Å²) in [4.78, 5) is 11.4. The van der Waals surface area contributed by atoms with Crippen molar-refractivity contribution in [2.75, 3.05) is 13.2 Å². The van der Waals surface area contributed by atoms with Gasteiger partial charge in [0.15, 0.2) is 0 Å². The molecule has 0 saturated carbocycles. The number of carbonyl (C=O) groups is 1. The van der Waals surface area contributed by atoms with Gasteiger partial charge in [-0.15, -0.1) is 0 Å². The van der Waals surface area contributed by atoms with E-state index < -0.39 is 0 Å². The summed E-state index contributed by atoms with van der Waals surface area (Å²) in [6.45, 7) is 12.0. The third-order valence-electron chi connectivity index (χ3n) is 2.71. The maximum absolute atomic E-state index is 11.4. The zero-order valence-electron chi connectivity index (χ0n) is 11.4. The van der Waals surface area contributed by atoms with Gasteiger partial charge in [-0.2, -0.15) is 0 Å². The van der Waals surface area contributed by atoms with Gasteiger partial charge in [0, 0.05) is 23.7 Å². The lowest BCUT2D eigenvalue weighted by Crippen LogP contribution is -2.25. The lowest BCUT2D eigenvalue weighted by Gasteiger charge is -2.14. The van der Waals surface area contributed by atoms with Crippen LogP contribution in [0.15, 0.2) is 16.7 Å². The van der Waals surface area contributed by atoms with Crippen LogP contribution in [0.3, 0.4) is 0 Å². The standard InChI is InChI=1S/C13H20N2O3/c1-6-17-13(16)8(2)7-14-9(3)12-10(4)15-18-11(12)5/h9,14H,2,6-7H2,1,3-5H3. The van der Waals surface area contributed by atoms with Crippen LogP contribution in [0.4, 0.5) is 0 Å². The fourth-order valence-corrected chi connectivity index (χ4v) is 1.79. The highest BCUT2D eigenvalue weighted by Crippen LogP contribution is 2.20. The highest BCUT2D eigenvalue weighted by molar-refractivity contribution is 5.88. The molecule has 0 aromatic carbocycles. The Bertz CT molecular complexity index is 418. The number of nitrogens with zero attached hydrogens (tertiary/aromatic N) is 1. The molecule has 1 aromatic heterocycles. The maximum Gasteiger partial charge on any atom is 0.334 e. The van der Waals surface area contributed by atoms with Gasteiger partial charge in [0.2, 0.25) is 0 Å². The monoisotopic (exact) mass is 252 g/mol. The molecule has 0 aliphatic rings. The zero-order valence-corrected chi connectivity index (χ0v) is 11.4. The highest BCUT2D eigenvalue weighted by atomic mass is 16.5. The molecule has 0 fully saturated rings. The molecule has 1 aromatic rings. The first kappa shape index (κ1) is 14.4. The van der Waals surface area contributed by atoms with Crippen molar-refractivity contribution >= 4 is 5.97 Å². The number of hydrogen-bond donors (Lipinski definition) is 1. The minimum atomic E-state index is -0.365. The van der Waals surface area contributed by atoms with Crippen molar-refractivity contribution in [3.63, 3.8) is 0 Å². The van der Waals surface area contributed by atoms with Gasteiger partial charge < -0.3 is 14.6 Å².